The molecule has 24 heavy (non-hydrogen) atoms. The topological polar surface area (TPSA) is 54.5 Å². The molecular weight excluding hydrogens is 329 g/mol. The first-order chi connectivity index (χ1) is 11.5. The molecule has 1 aliphatic heterocycles. The maximum absolute atomic E-state index is 13.9. The predicted molar refractivity (Wildman–Crippen MR) is 89.0 cm³/mol. The monoisotopic (exact) mass is 347 g/mol. The van der Waals surface area contributed by atoms with E-state index in [0.717, 1.165) is 6.42 Å². The van der Waals surface area contributed by atoms with Gasteiger partial charge in [0, 0.05) is 12.6 Å². The molecule has 1 atom stereocenters. The van der Waals surface area contributed by atoms with Crippen LogP contribution in [0.25, 0.3) is 0 Å². The molecule has 0 radical (unpaired) electrons. The van der Waals surface area contributed by atoms with Crippen LogP contribution in [0.2, 0.25) is 0 Å². The minimum atomic E-state index is -3.49. The van der Waals surface area contributed by atoms with Crippen molar-refractivity contribution in [2.45, 2.75) is 23.8 Å². The van der Waals surface area contributed by atoms with Crippen LogP contribution in [-0.4, -0.2) is 37.6 Å². The largest absolute Gasteiger partial charge is 0.335 e. The molecular formula is C18H18FNO3S. The summed E-state index contributed by atoms with van der Waals surface area (Å²) in [6.45, 7) is 0.447. The van der Waals surface area contributed by atoms with E-state index in [9.17, 15) is 17.6 Å². The molecule has 4 nitrogen and oxygen atoms in total. The van der Waals surface area contributed by atoms with Gasteiger partial charge in [0.05, 0.1) is 16.2 Å². The highest BCUT2D eigenvalue weighted by Gasteiger charge is 2.34. The number of likely N-dealkylation sites (tertiary alicyclic amines) is 1. The summed E-state index contributed by atoms with van der Waals surface area (Å²) in [4.78, 5) is 14.3. The van der Waals surface area contributed by atoms with Crippen molar-refractivity contribution in [3.05, 3.63) is 66.0 Å². The summed E-state index contributed by atoms with van der Waals surface area (Å²) in [5, 5.41) is 0. The van der Waals surface area contributed by atoms with E-state index in [4.69, 9.17) is 0 Å². The minimum absolute atomic E-state index is 0.0125. The minimum Gasteiger partial charge on any atom is -0.335 e. The Morgan fingerprint density at radius 2 is 1.75 bits per heavy atom. The van der Waals surface area contributed by atoms with Crippen molar-refractivity contribution in [2.75, 3.05) is 12.3 Å². The molecule has 1 heterocycles. The molecule has 2 aromatic rings. The average Bonchev–Trinajstić information content (AvgIpc) is 3.03. The Balaban J connectivity index is 1.82. The van der Waals surface area contributed by atoms with Crippen molar-refractivity contribution in [3.8, 4) is 0 Å². The third-order valence-electron chi connectivity index (χ3n) is 4.26. The summed E-state index contributed by atoms with van der Waals surface area (Å²) < 4.78 is 39.0. The van der Waals surface area contributed by atoms with E-state index in [1.165, 1.54) is 23.1 Å². The predicted octanol–water partition coefficient (Wildman–Crippen LogP) is 2.90. The number of carbonyl (C=O) groups is 1. The zero-order chi connectivity index (χ0) is 17.2. The summed E-state index contributed by atoms with van der Waals surface area (Å²) >= 11 is 0. The molecule has 1 aliphatic rings. The zero-order valence-electron chi connectivity index (χ0n) is 13.1. The molecule has 0 spiro atoms. The average molecular weight is 347 g/mol. The Hall–Kier alpha value is -2.21. The first-order valence-corrected chi connectivity index (χ1v) is 9.47. The number of hydrogen-bond acceptors (Lipinski definition) is 3. The lowest BCUT2D eigenvalue weighted by Gasteiger charge is -2.25. The first-order valence-electron chi connectivity index (χ1n) is 7.82. The van der Waals surface area contributed by atoms with Crippen LogP contribution in [0.3, 0.4) is 0 Å². The number of amides is 1. The van der Waals surface area contributed by atoms with Gasteiger partial charge in [0.2, 0.25) is 0 Å². The molecule has 0 saturated carbocycles. The van der Waals surface area contributed by atoms with E-state index in [1.807, 2.05) is 0 Å². The molecule has 0 N–H and O–H groups in total. The summed E-state index contributed by atoms with van der Waals surface area (Å²) in [6.07, 6.45) is 1.32. The van der Waals surface area contributed by atoms with Gasteiger partial charge in [-0.1, -0.05) is 30.3 Å². The van der Waals surface area contributed by atoms with Crippen molar-refractivity contribution < 1.29 is 17.6 Å². The van der Waals surface area contributed by atoms with E-state index in [-0.39, 0.29) is 16.2 Å². The lowest BCUT2D eigenvalue weighted by atomic mass is 10.1. The molecule has 2 aromatic carbocycles. The van der Waals surface area contributed by atoms with Gasteiger partial charge < -0.3 is 4.90 Å². The third-order valence-corrected chi connectivity index (χ3v) is 6.07. The van der Waals surface area contributed by atoms with Gasteiger partial charge in [-0.05, 0) is 37.1 Å². The smallest absolute Gasteiger partial charge is 0.257 e. The van der Waals surface area contributed by atoms with Crippen molar-refractivity contribution in [1.82, 2.24) is 4.90 Å². The molecule has 0 aromatic heterocycles. The summed E-state index contributed by atoms with van der Waals surface area (Å²) in [7, 11) is -3.49. The number of hydrogen-bond donors (Lipinski definition) is 0. The molecule has 1 saturated heterocycles. The zero-order valence-corrected chi connectivity index (χ0v) is 13.9. The number of halogens is 1. The van der Waals surface area contributed by atoms with E-state index in [2.05, 4.69) is 0 Å². The van der Waals surface area contributed by atoms with Crippen LogP contribution >= 0.6 is 0 Å². The molecule has 6 heteroatoms. The van der Waals surface area contributed by atoms with Crippen LogP contribution < -0.4 is 0 Å². The summed E-state index contributed by atoms with van der Waals surface area (Å²) in [5.41, 5.74) is -0.0125. The molecule has 0 bridgehead atoms. The van der Waals surface area contributed by atoms with Gasteiger partial charge in [-0.3, -0.25) is 4.79 Å². The van der Waals surface area contributed by atoms with Gasteiger partial charge in [0.25, 0.3) is 5.91 Å². The molecule has 0 unspecified atom stereocenters. The van der Waals surface area contributed by atoms with Crippen LogP contribution in [0.4, 0.5) is 4.39 Å². The van der Waals surface area contributed by atoms with Crippen LogP contribution in [-0.2, 0) is 9.84 Å². The lowest BCUT2D eigenvalue weighted by molar-refractivity contribution is 0.0744. The van der Waals surface area contributed by atoms with Crippen molar-refractivity contribution in [1.29, 1.82) is 0 Å². The second-order valence-corrected chi connectivity index (χ2v) is 7.90. The van der Waals surface area contributed by atoms with Gasteiger partial charge in [-0.25, -0.2) is 12.8 Å². The fraction of sp³-hybridized carbons (Fsp3) is 0.278. The maximum atomic E-state index is 13.9. The van der Waals surface area contributed by atoms with E-state index < -0.39 is 27.6 Å². The quantitative estimate of drug-likeness (QED) is 0.854. The van der Waals surface area contributed by atoms with Crippen LogP contribution in [0.5, 0.6) is 0 Å². The van der Waals surface area contributed by atoms with E-state index in [1.54, 1.807) is 36.4 Å². The fourth-order valence-corrected chi connectivity index (χ4v) is 4.66. The van der Waals surface area contributed by atoms with Gasteiger partial charge in [0.1, 0.15) is 5.82 Å². The second-order valence-electron chi connectivity index (χ2n) is 5.87. The number of nitrogens with zero attached hydrogens (tertiary/aromatic N) is 1. The first kappa shape index (κ1) is 16.6. The Bertz CT molecular complexity index is 836. The van der Waals surface area contributed by atoms with Crippen molar-refractivity contribution in [2.24, 2.45) is 0 Å². The summed E-state index contributed by atoms with van der Waals surface area (Å²) in [5.74, 6) is -1.17. The highest BCUT2D eigenvalue weighted by molar-refractivity contribution is 7.91. The van der Waals surface area contributed by atoms with Crippen LogP contribution in [0.15, 0.2) is 59.5 Å². The lowest BCUT2D eigenvalue weighted by Crippen LogP contribution is -2.40. The molecule has 1 amide bonds. The Morgan fingerprint density at radius 1 is 1.08 bits per heavy atom. The Labute approximate surface area is 140 Å². The van der Waals surface area contributed by atoms with Gasteiger partial charge in [0.15, 0.2) is 9.84 Å². The van der Waals surface area contributed by atoms with Gasteiger partial charge in [-0.15, -0.1) is 0 Å². The molecule has 1 fully saturated rings. The van der Waals surface area contributed by atoms with Gasteiger partial charge in [-0.2, -0.15) is 0 Å². The van der Waals surface area contributed by atoms with Crippen LogP contribution in [0.1, 0.15) is 23.2 Å². The number of carbonyl (C=O) groups excluding carboxylic acids is 1. The van der Waals surface area contributed by atoms with Gasteiger partial charge >= 0.3 is 0 Å². The Kier molecular flexibility index (Phi) is 4.66. The van der Waals surface area contributed by atoms with E-state index >= 15 is 0 Å². The normalized spacial score (nSPS) is 17.9. The highest BCUT2D eigenvalue weighted by Crippen LogP contribution is 2.24. The molecule has 0 aliphatic carbocycles. The SMILES string of the molecule is O=C(c1ccccc1F)N1CCC[C@H]1CS(=O)(=O)c1ccccc1. The van der Waals surface area contributed by atoms with Crippen molar-refractivity contribution in [3.63, 3.8) is 0 Å². The van der Waals surface area contributed by atoms with Crippen LogP contribution in [0, 0.1) is 5.82 Å². The highest BCUT2D eigenvalue weighted by atomic mass is 32.2. The second kappa shape index (κ2) is 6.73. The summed E-state index contributed by atoms with van der Waals surface area (Å²) in [6, 6.07) is 13.5. The standard InChI is InChI=1S/C18H18FNO3S/c19-17-11-5-4-10-16(17)18(21)20-12-6-7-14(20)13-24(22,23)15-8-2-1-3-9-15/h1-5,8-11,14H,6-7,12-13H2/t14-/m0/s1. The number of rotatable bonds is 4. The third kappa shape index (κ3) is 3.33. The maximum Gasteiger partial charge on any atom is 0.257 e. The number of benzene rings is 2. The fourth-order valence-electron chi connectivity index (χ4n) is 3.04. The molecule has 3 rings (SSSR count). The Morgan fingerprint density at radius 3 is 2.46 bits per heavy atom. The number of sulfone groups is 1. The van der Waals surface area contributed by atoms with Crippen molar-refractivity contribution >= 4 is 15.7 Å². The van der Waals surface area contributed by atoms with E-state index in [0.29, 0.717) is 13.0 Å². The molecule has 126 valence electrons.